The Bertz CT molecular complexity index is 237. The van der Waals surface area contributed by atoms with E-state index < -0.39 is 0 Å². The van der Waals surface area contributed by atoms with Crippen LogP contribution in [0.3, 0.4) is 0 Å². The van der Waals surface area contributed by atoms with Crippen LogP contribution in [0.15, 0.2) is 47.6 Å². The topological polar surface area (TPSA) is 0 Å². The van der Waals surface area contributed by atoms with Crippen LogP contribution in [0.2, 0.25) is 0 Å². The molecular weight excluding hydrogens is 132 g/mol. The van der Waals surface area contributed by atoms with Crippen molar-refractivity contribution in [2.75, 3.05) is 0 Å². The fourth-order valence-corrected chi connectivity index (χ4v) is 1.09. The molecule has 1 rings (SSSR count). The molecule has 0 spiro atoms. The fraction of sp³-hybridized carbons (Fsp3) is 0.273. The van der Waals surface area contributed by atoms with E-state index in [1.54, 1.807) is 0 Å². The predicted octanol–water partition coefficient (Wildman–Crippen LogP) is 3.40. The van der Waals surface area contributed by atoms with E-state index >= 15 is 0 Å². The standard InChI is InChI=1S/C11H14/c1-3-4-8-11-9-6-5-7-10(11)2/h3-8H,9H2,1-2H3/b4-3-,11-8+. The Morgan fingerprint density at radius 3 is 2.91 bits per heavy atom. The Hall–Kier alpha value is -1.04. The molecule has 0 nitrogen and oxygen atoms in total. The molecule has 0 radical (unpaired) electrons. The maximum Gasteiger partial charge on any atom is -0.00917 e. The van der Waals surface area contributed by atoms with E-state index in [0.717, 1.165) is 6.42 Å². The minimum Gasteiger partial charge on any atom is -0.0877 e. The zero-order valence-corrected chi connectivity index (χ0v) is 7.17. The highest BCUT2D eigenvalue weighted by molar-refractivity contribution is 5.39. The molecule has 0 aromatic rings. The number of hydrogen-bond acceptors (Lipinski definition) is 0. The summed E-state index contributed by atoms with van der Waals surface area (Å²) in [5.74, 6) is 0. The van der Waals surface area contributed by atoms with Crippen molar-refractivity contribution < 1.29 is 0 Å². The largest absolute Gasteiger partial charge is 0.0877 e. The van der Waals surface area contributed by atoms with Crippen molar-refractivity contribution >= 4 is 0 Å². The third kappa shape index (κ3) is 2.23. The van der Waals surface area contributed by atoms with E-state index in [9.17, 15) is 0 Å². The van der Waals surface area contributed by atoms with Gasteiger partial charge in [0.2, 0.25) is 0 Å². The Kier molecular flexibility index (Phi) is 2.91. The Balaban J connectivity index is 2.75. The van der Waals surface area contributed by atoms with Gasteiger partial charge in [0.15, 0.2) is 0 Å². The van der Waals surface area contributed by atoms with Gasteiger partial charge in [0.25, 0.3) is 0 Å². The van der Waals surface area contributed by atoms with Gasteiger partial charge in [-0.3, -0.25) is 0 Å². The van der Waals surface area contributed by atoms with Crippen LogP contribution >= 0.6 is 0 Å². The zero-order chi connectivity index (χ0) is 8.10. The van der Waals surface area contributed by atoms with Gasteiger partial charge in [0.05, 0.1) is 0 Å². The van der Waals surface area contributed by atoms with Gasteiger partial charge >= 0.3 is 0 Å². The van der Waals surface area contributed by atoms with Crippen molar-refractivity contribution in [3.63, 3.8) is 0 Å². The van der Waals surface area contributed by atoms with E-state index in [-0.39, 0.29) is 0 Å². The molecule has 0 unspecified atom stereocenters. The van der Waals surface area contributed by atoms with E-state index in [1.165, 1.54) is 11.1 Å². The first-order chi connectivity index (χ1) is 5.34. The summed E-state index contributed by atoms with van der Waals surface area (Å²) in [4.78, 5) is 0. The van der Waals surface area contributed by atoms with Gasteiger partial charge in [-0.05, 0) is 31.4 Å². The third-order valence-electron chi connectivity index (χ3n) is 1.82. The number of rotatable bonds is 1. The summed E-state index contributed by atoms with van der Waals surface area (Å²) in [6.07, 6.45) is 13.8. The van der Waals surface area contributed by atoms with Crippen LogP contribution in [-0.2, 0) is 0 Å². The first-order valence-corrected chi connectivity index (χ1v) is 4.00. The zero-order valence-electron chi connectivity index (χ0n) is 7.17. The highest BCUT2D eigenvalue weighted by Gasteiger charge is 1.98. The van der Waals surface area contributed by atoms with Gasteiger partial charge in [-0.2, -0.15) is 0 Å². The first kappa shape index (κ1) is 8.06. The predicted molar refractivity (Wildman–Crippen MR) is 50.4 cm³/mol. The van der Waals surface area contributed by atoms with Crippen molar-refractivity contribution in [1.29, 1.82) is 0 Å². The lowest BCUT2D eigenvalue weighted by molar-refractivity contribution is 1.18. The van der Waals surface area contributed by atoms with Gasteiger partial charge < -0.3 is 0 Å². The van der Waals surface area contributed by atoms with E-state index in [2.05, 4.69) is 43.4 Å². The maximum atomic E-state index is 2.18. The highest BCUT2D eigenvalue weighted by Crippen LogP contribution is 2.18. The molecule has 0 aliphatic heterocycles. The van der Waals surface area contributed by atoms with Crippen LogP contribution in [0.25, 0.3) is 0 Å². The van der Waals surface area contributed by atoms with Crippen molar-refractivity contribution in [2.45, 2.75) is 20.3 Å². The smallest absolute Gasteiger partial charge is 0.00917 e. The van der Waals surface area contributed by atoms with Crippen LogP contribution in [0.1, 0.15) is 20.3 Å². The van der Waals surface area contributed by atoms with Crippen LogP contribution in [0, 0.1) is 0 Å². The Labute approximate surface area is 68.6 Å². The van der Waals surface area contributed by atoms with E-state index in [4.69, 9.17) is 0 Å². The minimum atomic E-state index is 1.08. The van der Waals surface area contributed by atoms with Gasteiger partial charge in [-0.15, -0.1) is 0 Å². The van der Waals surface area contributed by atoms with Crippen molar-refractivity contribution in [1.82, 2.24) is 0 Å². The first-order valence-electron chi connectivity index (χ1n) is 4.00. The summed E-state index contributed by atoms with van der Waals surface area (Å²) in [5, 5.41) is 0. The molecule has 0 amide bonds. The van der Waals surface area contributed by atoms with E-state index in [0.29, 0.717) is 0 Å². The molecule has 0 saturated carbocycles. The SMILES string of the molecule is C/C=C\C=C1/CC=CC=C1C. The van der Waals surface area contributed by atoms with E-state index in [1.807, 2.05) is 6.92 Å². The molecule has 0 fully saturated rings. The van der Waals surface area contributed by atoms with Crippen molar-refractivity contribution in [3.05, 3.63) is 47.6 Å². The summed E-state index contributed by atoms with van der Waals surface area (Å²) in [7, 11) is 0. The molecule has 1 aliphatic rings. The van der Waals surface area contributed by atoms with Crippen LogP contribution in [-0.4, -0.2) is 0 Å². The average molecular weight is 146 g/mol. The Morgan fingerprint density at radius 2 is 2.27 bits per heavy atom. The molecular formula is C11H14. The summed E-state index contributed by atoms with van der Waals surface area (Å²) < 4.78 is 0. The molecule has 11 heavy (non-hydrogen) atoms. The monoisotopic (exact) mass is 146 g/mol. The lowest BCUT2D eigenvalue weighted by atomic mass is 9.99. The number of allylic oxidation sites excluding steroid dienone is 8. The second-order valence-corrected chi connectivity index (χ2v) is 2.70. The molecule has 0 aromatic heterocycles. The van der Waals surface area contributed by atoms with Gasteiger partial charge in [0.1, 0.15) is 0 Å². The second-order valence-electron chi connectivity index (χ2n) is 2.70. The molecule has 0 N–H and O–H groups in total. The summed E-state index contributed by atoms with van der Waals surface area (Å²) in [5.41, 5.74) is 2.80. The summed E-state index contributed by atoms with van der Waals surface area (Å²) in [6, 6.07) is 0. The summed E-state index contributed by atoms with van der Waals surface area (Å²) in [6.45, 7) is 4.19. The second kappa shape index (κ2) is 3.97. The minimum absolute atomic E-state index is 1.08. The lowest BCUT2D eigenvalue weighted by Gasteiger charge is -2.06. The molecule has 0 atom stereocenters. The number of hydrogen-bond donors (Lipinski definition) is 0. The maximum absolute atomic E-state index is 2.18. The van der Waals surface area contributed by atoms with Crippen molar-refractivity contribution in [3.8, 4) is 0 Å². The van der Waals surface area contributed by atoms with Crippen LogP contribution in [0.4, 0.5) is 0 Å². The van der Waals surface area contributed by atoms with Gasteiger partial charge in [-0.1, -0.05) is 36.5 Å². The van der Waals surface area contributed by atoms with Crippen LogP contribution < -0.4 is 0 Å². The quantitative estimate of drug-likeness (QED) is 0.532. The molecule has 0 saturated heterocycles. The normalized spacial score (nSPS) is 21.3. The molecule has 58 valence electrons. The van der Waals surface area contributed by atoms with Crippen molar-refractivity contribution in [2.24, 2.45) is 0 Å². The molecule has 0 bridgehead atoms. The Morgan fingerprint density at radius 1 is 1.45 bits per heavy atom. The summed E-state index contributed by atoms with van der Waals surface area (Å²) >= 11 is 0. The van der Waals surface area contributed by atoms with Crippen LogP contribution in [0.5, 0.6) is 0 Å². The lowest BCUT2D eigenvalue weighted by Crippen LogP contribution is -1.87. The molecule has 1 aliphatic carbocycles. The molecule has 0 heteroatoms. The third-order valence-corrected chi connectivity index (χ3v) is 1.82. The average Bonchev–Trinajstić information content (AvgIpc) is 2.03. The molecule has 0 heterocycles. The van der Waals surface area contributed by atoms with Gasteiger partial charge in [0, 0.05) is 0 Å². The molecule has 0 aromatic carbocycles. The highest BCUT2D eigenvalue weighted by atomic mass is 14.0. The van der Waals surface area contributed by atoms with Gasteiger partial charge in [-0.25, -0.2) is 0 Å². The fourth-order valence-electron chi connectivity index (χ4n) is 1.09.